The number of carbonyl (C=O) groups excluding carboxylic acids is 1. The van der Waals surface area contributed by atoms with Crippen LogP contribution in [0.15, 0.2) is 23.1 Å². The van der Waals surface area contributed by atoms with Gasteiger partial charge in [-0.15, -0.1) is 0 Å². The number of piperidine rings is 1. The number of sulfonamides is 1. The Morgan fingerprint density at radius 3 is 2.63 bits per heavy atom. The second-order valence-electron chi connectivity index (χ2n) is 6.94. The molecule has 0 unspecified atom stereocenters. The molecule has 1 aromatic carbocycles. The molecule has 0 aliphatic carbocycles. The van der Waals surface area contributed by atoms with Crippen LogP contribution in [-0.4, -0.2) is 37.8 Å². The zero-order valence-electron chi connectivity index (χ0n) is 15.8. The molecule has 1 fully saturated rings. The van der Waals surface area contributed by atoms with Gasteiger partial charge in [0, 0.05) is 24.3 Å². The maximum atomic E-state index is 13.0. The van der Waals surface area contributed by atoms with Gasteiger partial charge in [0.05, 0.1) is 5.69 Å². The monoisotopic (exact) mass is 435 g/mol. The number of rotatable bonds is 7. The van der Waals surface area contributed by atoms with E-state index in [1.807, 2.05) is 13.8 Å². The summed E-state index contributed by atoms with van der Waals surface area (Å²) in [7, 11) is -3.76. The highest BCUT2D eigenvalue weighted by molar-refractivity contribution is 7.89. The average molecular weight is 436 g/mol. The molecular weight excluding hydrogens is 409 g/mol. The molecule has 2 N–H and O–H groups in total. The van der Waals surface area contributed by atoms with Gasteiger partial charge >= 0.3 is 0 Å². The van der Waals surface area contributed by atoms with Crippen molar-refractivity contribution in [2.45, 2.75) is 68.3 Å². The minimum absolute atomic E-state index is 0.148. The third-order valence-electron chi connectivity index (χ3n) is 4.80. The van der Waals surface area contributed by atoms with E-state index in [9.17, 15) is 13.2 Å². The molecule has 2 atom stereocenters. The quantitative estimate of drug-likeness (QED) is 0.636. The summed E-state index contributed by atoms with van der Waals surface area (Å²) in [5.41, 5.74) is 0.980. The molecule has 1 amide bonds. The highest BCUT2D eigenvalue weighted by Gasteiger charge is 2.28. The van der Waals surface area contributed by atoms with Crippen molar-refractivity contribution >= 4 is 50.5 Å². The first-order chi connectivity index (χ1) is 12.7. The van der Waals surface area contributed by atoms with Crippen LogP contribution in [0.1, 0.15) is 46.5 Å². The summed E-state index contributed by atoms with van der Waals surface area (Å²) in [6.45, 7) is 6.62. The lowest BCUT2D eigenvalue weighted by atomic mass is 10.0. The van der Waals surface area contributed by atoms with E-state index in [4.69, 9.17) is 23.2 Å². The highest BCUT2D eigenvalue weighted by Crippen LogP contribution is 2.33. The summed E-state index contributed by atoms with van der Waals surface area (Å²) in [4.78, 5) is 12.8. The Morgan fingerprint density at radius 1 is 1.33 bits per heavy atom. The molecule has 0 saturated carbocycles. The van der Waals surface area contributed by atoms with Crippen LogP contribution in [0.5, 0.6) is 0 Å². The van der Waals surface area contributed by atoms with E-state index in [2.05, 4.69) is 21.9 Å². The topological polar surface area (TPSA) is 78.5 Å². The normalized spacial score (nSPS) is 19.2. The minimum Gasteiger partial charge on any atom is -0.368 e. The van der Waals surface area contributed by atoms with Gasteiger partial charge in [-0.3, -0.25) is 4.79 Å². The molecule has 0 spiro atoms. The largest absolute Gasteiger partial charge is 0.368 e. The number of anilines is 2. The zero-order chi connectivity index (χ0) is 20.2. The van der Waals surface area contributed by atoms with Gasteiger partial charge < -0.3 is 10.2 Å². The Morgan fingerprint density at radius 2 is 2.04 bits per heavy atom. The van der Waals surface area contributed by atoms with Crippen LogP contribution < -0.4 is 14.9 Å². The lowest BCUT2D eigenvalue weighted by Gasteiger charge is -2.36. The number of hydrogen-bond donors (Lipinski definition) is 2. The van der Waals surface area contributed by atoms with Crippen molar-refractivity contribution in [2.75, 3.05) is 16.8 Å². The summed E-state index contributed by atoms with van der Waals surface area (Å²) in [5.74, 6) is -0.601. The van der Waals surface area contributed by atoms with Crippen molar-refractivity contribution in [1.82, 2.24) is 4.72 Å². The first-order valence-electron chi connectivity index (χ1n) is 9.17. The predicted octanol–water partition coefficient (Wildman–Crippen LogP) is 3.88. The van der Waals surface area contributed by atoms with Gasteiger partial charge in [-0.2, -0.15) is 0 Å². The Hall–Kier alpha value is -1.02. The number of alkyl halides is 2. The Kier molecular flexibility index (Phi) is 7.80. The van der Waals surface area contributed by atoms with Crippen LogP contribution in [0.3, 0.4) is 0 Å². The Labute approximate surface area is 171 Å². The zero-order valence-corrected chi connectivity index (χ0v) is 18.2. The number of benzene rings is 1. The molecule has 27 heavy (non-hydrogen) atoms. The van der Waals surface area contributed by atoms with Crippen molar-refractivity contribution < 1.29 is 13.2 Å². The Balaban J connectivity index is 2.47. The summed E-state index contributed by atoms with van der Waals surface area (Å²) >= 11 is 11.2. The molecule has 152 valence electrons. The van der Waals surface area contributed by atoms with Crippen molar-refractivity contribution in [3.8, 4) is 0 Å². The molecule has 0 bridgehead atoms. The second-order valence-corrected chi connectivity index (χ2v) is 9.72. The molecule has 1 aliphatic rings. The molecule has 9 heteroatoms. The summed E-state index contributed by atoms with van der Waals surface area (Å²) in [5, 5.41) is 2.55. The predicted molar refractivity (Wildman–Crippen MR) is 111 cm³/mol. The second kappa shape index (κ2) is 9.45. The van der Waals surface area contributed by atoms with Crippen molar-refractivity contribution in [3.63, 3.8) is 0 Å². The lowest BCUT2D eigenvalue weighted by molar-refractivity contribution is -0.114. The SMILES string of the molecule is CC[C@@H](C)NS(=O)(=O)c1cc(NC(=O)C(Cl)Cl)ccc1N1CCCC[C@H]1C. The van der Waals surface area contributed by atoms with Gasteiger partial charge in [-0.25, -0.2) is 13.1 Å². The fourth-order valence-corrected chi connectivity index (χ4v) is 4.78. The maximum Gasteiger partial charge on any atom is 0.257 e. The van der Waals surface area contributed by atoms with E-state index < -0.39 is 20.8 Å². The molecule has 1 saturated heterocycles. The van der Waals surface area contributed by atoms with Crippen LogP contribution in [0.2, 0.25) is 0 Å². The smallest absolute Gasteiger partial charge is 0.257 e. The van der Waals surface area contributed by atoms with E-state index in [1.165, 1.54) is 6.07 Å². The molecule has 1 aliphatic heterocycles. The third kappa shape index (κ3) is 5.73. The summed E-state index contributed by atoms with van der Waals surface area (Å²) in [6, 6.07) is 4.92. The van der Waals surface area contributed by atoms with E-state index in [0.717, 1.165) is 25.8 Å². The summed E-state index contributed by atoms with van der Waals surface area (Å²) in [6.07, 6.45) is 3.83. The number of carbonyl (C=O) groups is 1. The van der Waals surface area contributed by atoms with Crippen molar-refractivity contribution in [3.05, 3.63) is 18.2 Å². The van der Waals surface area contributed by atoms with E-state index >= 15 is 0 Å². The van der Waals surface area contributed by atoms with Crippen molar-refractivity contribution in [1.29, 1.82) is 0 Å². The third-order valence-corrected chi connectivity index (χ3v) is 6.81. The first kappa shape index (κ1) is 22.3. The van der Waals surface area contributed by atoms with Gasteiger partial charge in [-0.1, -0.05) is 30.1 Å². The molecular formula is C18H27Cl2N3O3S. The molecule has 0 radical (unpaired) electrons. The standard InChI is InChI=1S/C18H27Cl2N3O3S/c1-4-12(2)22-27(25,26)16-11-14(21-18(24)17(19)20)8-9-15(16)23-10-6-5-7-13(23)3/h8-9,11-13,17,22H,4-7,10H2,1-3H3,(H,21,24)/t12-,13-/m1/s1. The van der Waals surface area contributed by atoms with Gasteiger partial charge in [0.2, 0.25) is 10.0 Å². The van der Waals surface area contributed by atoms with Crippen molar-refractivity contribution in [2.24, 2.45) is 0 Å². The lowest BCUT2D eigenvalue weighted by Crippen LogP contribution is -2.39. The fourth-order valence-electron chi connectivity index (χ4n) is 3.11. The van der Waals surface area contributed by atoms with Crippen LogP contribution >= 0.6 is 23.2 Å². The molecule has 6 nitrogen and oxygen atoms in total. The van der Waals surface area contributed by atoms with Crippen LogP contribution in [-0.2, 0) is 14.8 Å². The van der Waals surface area contributed by atoms with Crippen LogP contribution in [0.25, 0.3) is 0 Å². The fraction of sp³-hybridized carbons (Fsp3) is 0.611. The van der Waals surface area contributed by atoms with Gasteiger partial charge in [0.15, 0.2) is 4.84 Å². The molecule has 1 heterocycles. The molecule has 0 aromatic heterocycles. The van der Waals surface area contributed by atoms with Gasteiger partial charge in [-0.05, 0) is 57.7 Å². The minimum atomic E-state index is -3.76. The highest BCUT2D eigenvalue weighted by atomic mass is 35.5. The number of nitrogens with zero attached hydrogens (tertiary/aromatic N) is 1. The number of nitrogens with one attached hydrogen (secondary N) is 2. The number of amides is 1. The average Bonchev–Trinajstić information content (AvgIpc) is 2.61. The van der Waals surface area contributed by atoms with E-state index in [-0.39, 0.29) is 17.0 Å². The summed E-state index contributed by atoms with van der Waals surface area (Å²) < 4.78 is 28.8. The number of hydrogen-bond acceptors (Lipinski definition) is 4. The van der Waals surface area contributed by atoms with Gasteiger partial charge in [0.25, 0.3) is 5.91 Å². The first-order valence-corrected chi connectivity index (χ1v) is 11.5. The molecule has 2 rings (SSSR count). The Bertz CT molecular complexity index is 771. The van der Waals surface area contributed by atoms with Crippen LogP contribution in [0.4, 0.5) is 11.4 Å². The van der Waals surface area contributed by atoms with Gasteiger partial charge in [0.1, 0.15) is 4.90 Å². The molecule has 1 aromatic rings. The number of halogens is 2. The van der Waals surface area contributed by atoms with E-state index in [0.29, 0.717) is 17.8 Å². The maximum absolute atomic E-state index is 13.0. The van der Waals surface area contributed by atoms with E-state index in [1.54, 1.807) is 12.1 Å². The van der Waals surface area contributed by atoms with Crippen LogP contribution in [0, 0.1) is 0 Å².